The molecule has 0 fully saturated rings. The maximum absolute atomic E-state index is 12.4. The Labute approximate surface area is 186 Å². The smallest absolute Gasteiger partial charge is 0.323 e. The van der Waals surface area contributed by atoms with Gasteiger partial charge in [0, 0.05) is 25.8 Å². The van der Waals surface area contributed by atoms with Crippen LogP contribution in [0.15, 0.2) is 24.3 Å². The van der Waals surface area contributed by atoms with Gasteiger partial charge in [-0.3, -0.25) is 19.3 Å². The van der Waals surface area contributed by atoms with Crippen LogP contribution >= 0.6 is 0 Å². The first-order chi connectivity index (χ1) is 14.4. The molecule has 0 heterocycles. The minimum atomic E-state index is -0.715. The topological polar surface area (TPSA) is 88.2 Å². The summed E-state index contributed by atoms with van der Waals surface area (Å²) in [6, 6.07) is 6.93. The van der Waals surface area contributed by atoms with E-state index >= 15 is 0 Å². The summed E-state index contributed by atoms with van der Waals surface area (Å²) in [6.07, 6.45) is -0.715. The van der Waals surface area contributed by atoms with Crippen molar-refractivity contribution >= 4 is 31.4 Å². The quantitative estimate of drug-likeness (QED) is 0.399. The molecule has 2 radical (unpaired) electrons. The van der Waals surface area contributed by atoms with E-state index in [-0.39, 0.29) is 24.3 Å². The third-order valence-corrected chi connectivity index (χ3v) is 5.39. The summed E-state index contributed by atoms with van der Waals surface area (Å²) in [7, 11) is 8.50. The number of benzene rings is 1. The number of nitrogens with one attached hydrogen (secondary N) is 1. The Kier molecular flexibility index (Phi) is 10.2. The molecule has 0 aliphatic heterocycles. The van der Waals surface area contributed by atoms with Gasteiger partial charge in [-0.1, -0.05) is 12.1 Å². The minimum absolute atomic E-state index is 0.0430. The summed E-state index contributed by atoms with van der Waals surface area (Å²) in [5.41, 5.74) is 1.01. The maximum Gasteiger partial charge on any atom is 0.323 e. The Morgan fingerprint density at radius 3 is 2.19 bits per heavy atom. The van der Waals surface area contributed by atoms with Crippen LogP contribution in [0.3, 0.4) is 0 Å². The predicted molar refractivity (Wildman–Crippen MR) is 121 cm³/mol. The van der Waals surface area contributed by atoms with Crippen molar-refractivity contribution in [1.82, 2.24) is 9.80 Å². The zero-order valence-electron chi connectivity index (χ0n) is 19.6. The van der Waals surface area contributed by atoms with Crippen LogP contribution in [0.5, 0.6) is 0 Å². The minimum Gasteiger partial charge on any atom is -0.460 e. The number of Topliss-reactive ketones (excluding diaryl/α,β-unsaturated/α-hetero) is 1. The van der Waals surface area contributed by atoms with E-state index in [2.05, 4.69) is 9.97 Å². The molecule has 170 valence electrons. The molecule has 1 aromatic rings. The van der Waals surface area contributed by atoms with Gasteiger partial charge in [-0.25, -0.2) is 0 Å². The second-order valence-corrected chi connectivity index (χ2v) is 8.31. The standard InChI is InChI=1S/C22H34BN3O5/c1-15(25(6)12-13-26(7)20(28)16(2)31-23)21(29)30-14-18-8-10-19(11-9-18)24-22(4,5)17(3)27/h8-11,15-16,24H,12-14H2,1-7H3/t15-,16+/m0/s1. The molecule has 1 rings (SSSR count). The maximum atomic E-state index is 12.4. The molecular formula is C22H34BN3O5. The van der Waals surface area contributed by atoms with E-state index in [1.807, 2.05) is 43.0 Å². The number of esters is 1. The van der Waals surface area contributed by atoms with Crippen molar-refractivity contribution in [2.45, 2.75) is 58.9 Å². The lowest BCUT2D eigenvalue weighted by atomic mass is 10.00. The monoisotopic (exact) mass is 431 g/mol. The van der Waals surface area contributed by atoms with Crippen molar-refractivity contribution < 1.29 is 23.8 Å². The Morgan fingerprint density at radius 1 is 1.10 bits per heavy atom. The molecule has 1 aromatic carbocycles. The Morgan fingerprint density at radius 2 is 1.68 bits per heavy atom. The van der Waals surface area contributed by atoms with Crippen molar-refractivity contribution in [3.63, 3.8) is 0 Å². The van der Waals surface area contributed by atoms with E-state index in [1.165, 1.54) is 4.90 Å². The van der Waals surface area contributed by atoms with Gasteiger partial charge >= 0.3 is 5.97 Å². The number of likely N-dealkylation sites (N-methyl/N-ethyl adjacent to an activating group) is 2. The molecule has 31 heavy (non-hydrogen) atoms. The number of rotatable bonds is 12. The molecule has 0 aliphatic rings. The largest absolute Gasteiger partial charge is 0.460 e. The summed E-state index contributed by atoms with van der Waals surface area (Å²) in [4.78, 5) is 39.3. The molecule has 0 saturated heterocycles. The van der Waals surface area contributed by atoms with E-state index < -0.39 is 17.7 Å². The number of ketones is 1. The van der Waals surface area contributed by atoms with Crippen LogP contribution in [-0.4, -0.2) is 80.4 Å². The molecule has 1 amide bonds. The van der Waals surface area contributed by atoms with Crippen LogP contribution in [0, 0.1) is 0 Å². The molecular weight excluding hydrogens is 397 g/mol. The van der Waals surface area contributed by atoms with Crippen molar-refractivity contribution in [2.75, 3.05) is 32.5 Å². The normalized spacial score (nSPS) is 13.4. The molecule has 0 unspecified atom stereocenters. The molecule has 0 bridgehead atoms. The van der Waals surface area contributed by atoms with Gasteiger partial charge in [0.05, 0.1) is 5.54 Å². The van der Waals surface area contributed by atoms with Crippen LogP contribution in [-0.2, 0) is 30.4 Å². The van der Waals surface area contributed by atoms with E-state index in [1.54, 1.807) is 34.9 Å². The second kappa shape index (κ2) is 11.9. The summed E-state index contributed by atoms with van der Waals surface area (Å²) < 4.78 is 9.97. The summed E-state index contributed by atoms with van der Waals surface area (Å²) in [6.45, 7) is 9.59. The van der Waals surface area contributed by atoms with Gasteiger partial charge in [-0.2, -0.15) is 0 Å². The molecule has 8 nitrogen and oxygen atoms in total. The number of amides is 1. The zero-order chi connectivity index (χ0) is 23.8. The van der Waals surface area contributed by atoms with Gasteiger partial charge < -0.3 is 19.6 Å². The Bertz CT molecular complexity index is 754. The summed E-state index contributed by atoms with van der Waals surface area (Å²) in [5.74, 6) is -0.535. The Hall–Kier alpha value is -2.39. The molecule has 0 aromatic heterocycles. The van der Waals surface area contributed by atoms with Crippen LogP contribution in [0.1, 0.15) is 40.2 Å². The highest BCUT2D eigenvalue weighted by Gasteiger charge is 2.23. The number of anilines is 1. The van der Waals surface area contributed by atoms with Gasteiger partial charge in [0.1, 0.15) is 18.8 Å². The van der Waals surface area contributed by atoms with Crippen LogP contribution in [0.2, 0.25) is 0 Å². The first-order valence-electron chi connectivity index (χ1n) is 10.2. The predicted octanol–water partition coefficient (Wildman–Crippen LogP) is 1.78. The van der Waals surface area contributed by atoms with E-state index in [4.69, 9.17) is 12.8 Å². The molecule has 9 heteroatoms. The third-order valence-electron chi connectivity index (χ3n) is 5.39. The highest BCUT2D eigenvalue weighted by Crippen LogP contribution is 2.17. The molecule has 2 atom stereocenters. The SMILES string of the molecule is [B]O[C@H](C)C(=O)N(C)CCN(C)[C@@H](C)C(=O)OCc1ccc(NC(C)(C)C(C)=O)cc1. The first-order valence-corrected chi connectivity index (χ1v) is 10.2. The van der Waals surface area contributed by atoms with Gasteiger partial charge in [0.15, 0.2) is 5.78 Å². The fourth-order valence-electron chi connectivity index (χ4n) is 2.57. The van der Waals surface area contributed by atoms with Gasteiger partial charge in [-0.05, 0) is 59.4 Å². The number of hydrogen-bond donors (Lipinski definition) is 1. The summed E-state index contributed by atoms with van der Waals surface area (Å²) in [5, 5.41) is 3.18. The highest BCUT2D eigenvalue weighted by molar-refractivity contribution is 6.00. The van der Waals surface area contributed by atoms with Crippen molar-refractivity contribution in [3.8, 4) is 0 Å². The first kappa shape index (κ1) is 26.6. The van der Waals surface area contributed by atoms with Crippen molar-refractivity contribution in [2.24, 2.45) is 0 Å². The summed E-state index contributed by atoms with van der Waals surface area (Å²) >= 11 is 0. The lowest BCUT2D eigenvalue weighted by molar-refractivity contribution is -0.150. The van der Waals surface area contributed by atoms with Crippen LogP contribution < -0.4 is 5.32 Å². The van der Waals surface area contributed by atoms with Crippen molar-refractivity contribution in [3.05, 3.63) is 29.8 Å². The van der Waals surface area contributed by atoms with E-state index in [9.17, 15) is 14.4 Å². The van der Waals surface area contributed by atoms with Gasteiger partial charge in [-0.15, -0.1) is 0 Å². The molecule has 0 saturated carbocycles. The van der Waals surface area contributed by atoms with Gasteiger partial charge in [0.25, 0.3) is 8.05 Å². The number of hydrogen-bond acceptors (Lipinski definition) is 7. The average molecular weight is 431 g/mol. The van der Waals surface area contributed by atoms with Crippen LogP contribution in [0.25, 0.3) is 0 Å². The Balaban J connectivity index is 2.50. The number of ether oxygens (including phenoxy) is 1. The molecule has 0 aliphatic carbocycles. The number of nitrogens with zero attached hydrogens (tertiary/aromatic N) is 2. The molecule has 0 spiro atoms. The second-order valence-electron chi connectivity index (χ2n) is 8.31. The zero-order valence-corrected chi connectivity index (χ0v) is 19.6. The lowest BCUT2D eigenvalue weighted by Crippen LogP contribution is -2.44. The van der Waals surface area contributed by atoms with Crippen LogP contribution in [0.4, 0.5) is 5.69 Å². The van der Waals surface area contributed by atoms with E-state index in [0.29, 0.717) is 13.1 Å². The van der Waals surface area contributed by atoms with Crippen molar-refractivity contribution in [1.29, 1.82) is 0 Å². The lowest BCUT2D eigenvalue weighted by Gasteiger charge is -2.27. The molecule has 1 N–H and O–H groups in total. The third kappa shape index (κ3) is 8.34. The fraction of sp³-hybridized carbons (Fsp3) is 0.591. The highest BCUT2D eigenvalue weighted by atomic mass is 16.5. The number of carbonyl (C=O) groups excluding carboxylic acids is 3. The van der Waals surface area contributed by atoms with E-state index in [0.717, 1.165) is 11.3 Å². The fourth-order valence-corrected chi connectivity index (χ4v) is 2.57. The number of carbonyl (C=O) groups is 3. The van der Waals surface area contributed by atoms with Gasteiger partial charge in [0.2, 0.25) is 5.91 Å². The average Bonchev–Trinajstić information content (AvgIpc) is 2.74.